The van der Waals surface area contributed by atoms with Gasteiger partial charge >= 0.3 is 0 Å². The Morgan fingerprint density at radius 3 is 2.69 bits per heavy atom. The Morgan fingerprint density at radius 2 is 1.93 bits per heavy atom. The highest BCUT2D eigenvalue weighted by Crippen LogP contribution is 2.16. The summed E-state index contributed by atoms with van der Waals surface area (Å²) < 4.78 is 7.22. The van der Waals surface area contributed by atoms with Gasteiger partial charge in [0.05, 0.1) is 20.2 Å². The number of nitrogens with one attached hydrogen (secondary N) is 2. The zero-order chi connectivity index (χ0) is 19.6. The van der Waals surface area contributed by atoms with Crippen LogP contribution < -0.4 is 15.4 Å². The molecule has 0 aliphatic rings. The number of guanidine groups is 1. The number of rotatable bonds is 8. The van der Waals surface area contributed by atoms with Crippen LogP contribution in [0.5, 0.6) is 5.75 Å². The number of halogens is 1. The summed E-state index contributed by atoms with van der Waals surface area (Å²) in [4.78, 5) is 8.69. The van der Waals surface area contributed by atoms with Gasteiger partial charge < -0.3 is 15.4 Å². The molecule has 0 saturated carbocycles. The second kappa shape index (κ2) is 12.1. The van der Waals surface area contributed by atoms with Crippen molar-refractivity contribution in [1.29, 1.82) is 0 Å². The molecule has 3 aromatic rings. The van der Waals surface area contributed by atoms with Crippen LogP contribution in [0.25, 0.3) is 0 Å². The normalized spacial score (nSPS) is 10.9. The van der Waals surface area contributed by atoms with Crippen molar-refractivity contribution in [3.8, 4) is 5.75 Å². The lowest BCUT2D eigenvalue weighted by Gasteiger charge is -2.13. The molecule has 1 heterocycles. The molecule has 29 heavy (non-hydrogen) atoms. The number of hydrogen-bond acceptors (Lipinski definition) is 4. The Bertz CT molecular complexity index is 898. The zero-order valence-electron chi connectivity index (χ0n) is 16.7. The van der Waals surface area contributed by atoms with E-state index in [1.807, 2.05) is 30.3 Å². The lowest BCUT2D eigenvalue weighted by Crippen LogP contribution is -2.36. The maximum atomic E-state index is 5.41. The lowest BCUT2D eigenvalue weighted by molar-refractivity contribution is 0.409. The molecule has 8 heteroatoms. The van der Waals surface area contributed by atoms with Gasteiger partial charge in [-0.2, -0.15) is 5.10 Å². The van der Waals surface area contributed by atoms with E-state index in [1.165, 1.54) is 5.56 Å². The van der Waals surface area contributed by atoms with Gasteiger partial charge in [0.15, 0.2) is 5.96 Å². The van der Waals surface area contributed by atoms with Crippen LogP contribution in [-0.4, -0.2) is 34.4 Å². The Labute approximate surface area is 188 Å². The first-order chi connectivity index (χ1) is 13.8. The van der Waals surface area contributed by atoms with Crippen molar-refractivity contribution in [3.63, 3.8) is 0 Å². The standard InChI is InChI=1S/C21H26N6O.HI/c1-3-23-21(25-13-19-9-4-5-10-20(19)28-2)24-12-17-7-6-8-18(11-17)14-27-16-22-15-26-27;/h4-11,15-16H,3,12-14H2,1-2H3,(H2,23,24,25);1H. The fourth-order valence-electron chi connectivity index (χ4n) is 2.87. The number of hydrogen-bond donors (Lipinski definition) is 2. The van der Waals surface area contributed by atoms with E-state index in [4.69, 9.17) is 9.73 Å². The second-order valence-electron chi connectivity index (χ2n) is 6.27. The van der Waals surface area contributed by atoms with Crippen LogP contribution in [0.2, 0.25) is 0 Å². The van der Waals surface area contributed by atoms with Crippen molar-refractivity contribution >= 4 is 29.9 Å². The number of aromatic nitrogens is 3. The molecule has 0 atom stereocenters. The Kier molecular flexibility index (Phi) is 9.42. The Morgan fingerprint density at radius 1 is 1.10 bits per heavy atom. The molecule has 154 valence electrons. The van der Waals surface area contributed by atoms with Crippen molar-refractivity contribution in [1.82, 2.24) is 25.4 Å². The quantitative estimate of drug-likeness (QED) is 0.279. The van der Waals surface area contributed by atoms with Crippen molar-refractivity contribution in [2.75, 3.05) is 13.7 Å². The monoisotopic (exact) mass is 506 g/mol. The molecule has 0 bridgehead atoms. The molecule has 2 aromatic carbocycles. The third-order valence-electron chi connectivity index (χ3n) is 4.21. The van der Waals surface area contributed by atoms with Crippen LogP contribution in [0.4, 0.5) is 0 Å². The summed E-state index contributed by atoms with van der Waals surface area (Å²) in [5, 5.41) is 10.8. The molecular formula is C21H27IN6O. The first-order valence-electron chi connectivity index (χ1n) is 9.32. The van der Waals surface area contributed by atoms with Gasteiger partial charge in [0.25, 0.3) is 0 Å². The Hall–Kier alpha value is -2.62. The number of benzene rings is 2. The maximum absolute atomic E-state index is 5.41. The van der Waals surface area contributed by atoms with Crippen LogP contribution in [-0.2, 0) is 19.6 Å². The molecular weight excluding hydrogens is 479 g/mol. The summed E-state index contributed by atoms with van der Waals surface area (Å²) in [6.07, 6.45) is 3.26. The molecule has 0 fully saturated rings. The van der Waals surface area contributed by atoms with Crippen LogP contribution in [0, 0.1) is 0 Å². The molecule has 3 rings (SSSR count). The molecule has 0 amide bonds. The maximum Gasteiger partial charge on any atom is 0.191 e. The summed E-state index contributed by atoms with van der Waals surface area (Å²) in [5.41, 5.74) is 3.41. The first-order valence-corrected chi connectivity index (χ1v) is 9.32. The van der Waals surface area contributed by atoms with E-state index in [0.29, 0.717) is 19.6 Å². The van der Waals surface area contributed by atoms with Gasteiger partial charge in [-0.25, -0.2) is 14.7 Å². The SMILES string of the molecule is CCNC(=NCc1cccc(Cn2cncn2)c1)NCc1ccccc1OC.I. The minimum atomic E-state index is 0. The van der Waals surface area contributed by atoms with Crippen LogP contribution >= 0.6 is 24.0 Å². The Balaban J connectivity index is 0.00000300. The number of para-hydroxylation sites is 1. The average molecular weight is 506 g/mol. The highest BCUT2D eigenvalue weighted by Gasteiger charge is 2.04. The summed E-state index contributed by atoms with van der Waals surface area (Å²) in [7, 11) is 1.68. The van der Waals surface area contributed by atoms with Crippen LogP contribution in [0.1, 0.15) is 23.6 Å². The van der Waals surface area contributed by atoms with Gasteiger partial charge in [0.1, 0.15) is 18.4 Å². The van der Waals surface area contributed by atoms with Gasteiger partial charge in [-0.15, -0.1) is 24.0 Å². The summed E-state index contributed by atoms with van der Waals surface area (Å²) in [6, 6.07) is 16.3. The lowest BCUT2D eigenvalue weighted by atomic mass is 10.1. The third kappa shape index (κ3) is 7.04. The van der Waals surface area contributed by atoms with Gasteiger partial charge in [0.2, 0.25) is 0 Å². The van der Waals surface area contributed by atoms with Crippen molar-refractivity contribution < 1.29 is 4.74 Å². The number of nitrogens with zero attached hydrogens (tertiary/aromatic N) is 4. The van der Waals surface area contributed by atoms with E-state index in [9.17, 15) is 0 Å². The molecule has 2 N–H and O–H groups in total. The van der Waals surface area contributed by atoms with E-state index in [-0.39, 0.29) is 24.0 Å². The van der Waals surface area contributed by atoms with Crippen molar-refractivity contribution in [3.05, 3.63) is 77.9 Å². The third-order valence-corrected chi connectivity index (χ3v) is 4.21. The molecule has 7 nitrogen and oxygen atoms in total. The largest absolute Gasteiger partial charge is 0.496 e. The average Bonchev–Trinajstić information content (AvgIpc) is 3.23. The van der Waals surface area contributed by atoms with E-state index in [0.717, 1.165) is 29.4 Å². The van der Waals surface area contributed by atoms with E-state index < -0.39 is 0 Å². The highest BCUT2D eigenvalue weighted by atomic mass is 127. The van der Waals surface area contributed by atoms with Crippen molar-refractivity contribution in [2.24, 2.45) is 4.99 Å². The minimum Gasteiger partial charge on any atom is -0.496 e. The second-order valence-corrected chi connectivity index (χ2v) is 6.27. The molecule has 0 saturated heterocycles. The molecule has 0 aliphatic heterocycles. The number of ether oxygens (including phenoxy) is 1. The van der Waals surface area contributed by atoms with E-state index in [1.54, 1.807) is 24.4 Å². The van der Waals surface area contributed by atoms with Crippen LogP contribution in [0.3, 0.4) is 0 Å². The zero-order valence-corrected chi connectivity index (χ0v) is 19.0. The predicted molar refractivity (Wildman–Crippen MR) is 126 cm³/mol. The molecule has 0 aliphatic carbocycles. The van der Waals surface area contributed by atoms with Crippen LogP contribution in [0.15, 0.2) is 66.2 Å². The summed E-state index contributed by atoms with van der Waals surface area (Å²) >= 11 is 0. The number of methoxy groups -OCH3 is 1. The van der Waals surface area contributed by atoms with Gasteiger partial charge in [-0.05, 0) is 24.1 Å². The van der Waals surface area contributed by atoms with Gasteiger partial charge in [0, 0.05) is 18.7 Å². The summed E-state index contributed by atoms with van der Waals surface area (Å²) in [5.74, 6) is 1.64. The van der Waals surface area contributed by atoms with E-state index >= 15 is 0 Å². The molecule has 1 aromatic heterocycles. The topological polar surface area (TPSA) is 76.4 Å². The molecule has 0 unspecified atom stereocenters. The fraction of sp³-hybridized carbons (Fsp3) is 0.286. The minimum absolute atomic E-state index is 0. The summed E-state index contributed by atoms with van der Waals surface area (Å²) in [6.45, 7) is 4.78. The van der Waals surface area contributed by atoms with Gasteiger partial charge in [-0.3, -0.25) is 0 Å². The first kappa shape index (κ1) is 22.7. The smallest absolute Gasteiger partial charge is 0.191 e. The number of aliphatic imine (C=N–C) groups is 1. The molecule has 0 spiro atoms. The van der Waals surface area contributed by atoms with Gasteiger partial charge in [-0.1, -0.05) is 42.5 Å². The van der Waals surface area contributed by atoms with E-state index in [2.05, 4.69) is 45.8 Å². The predicted octanol–water partition coefficient (Wildman–Crippen LogP) is 3.21. The fourth-order valence-corrected chi connectivity index (χ4v) is 2.87. The highest BCUT2D eigenvalue weighted by molar-refractivity contribution is 14.0. The molecule has 0 radical (unpaired) electrons. The van der Waals surface area contributed by atoms with Crippen molar-refractivity contribution in [2.45, 2.75) is 26.6 Å².